The third-order valence-corrected chi connectivity index (χ3v) is 3.82. The first-order valence-corrected chi connectivity index (χ1v) is 6.68. The Morgan fingerprint density at radius 2 is 1.95 bits per heavy atom. The number of benzene rings is 2. The molecule has 0 atom stereocenters. The summed E-state index contributed by atoms with van der Waals surface area (Å²) in [4.78, 5) is 13.0. The Morgan fingerprint density at radius 3 is 2.53 bits per heavy atom. The van der Waals surface area contributed by atoms with Crippen LogP contribution in [0.5, 0.6) is 5.75 Å². The van der Waals surface area contributed by atoms with Crippen LogP contribution in [0.15, 0.2) is 52.3 Å². The van der Waals surface area contributed by atoms with Crippen LogP contribution >= 0.6 is 11.8 Å². The van der Waals surface area contributed by atoms with Gasteiger partial charge in [0.2, 0.25) is 0 Å². The Balaban J connectivity index is 2.27. The fraction of sp³-hybridized carbons (Fsp3) is 0.133. The smallest absolute Gasteiger partial charge is 0.151 e. The van der Waals surface area contributed by atoms with Gasteiger partial charge in [0.15, 0.2) is 6.29 Å². The van der Waals surface area contributed by atoms with Crippen LogP contribution in [0.2, 0.25) is 0 Å². The van der Waals surface area contributed by atoms with E-state index in [1.165, 1.54) is 11.8 Å². The van der Waals surface area contributed by atoms with Crippen LogP contribution in [-0.4, -0.2) is 13.4 Å². The molecule has 0 amide bonds. The van der Waals surface area contributed by atoms with Crippen LogP contribution in [0.3, 0.4) is 0 Å². The molecule has 0 radical (unpaired) electrons. The van der Waals surface area contributed by atoms with E-state index in [0.717, 1.165) is 27.4 Å². The van der Waals surface area contributed by atoms with Crippen molar-refractivity contribution in [2.75, 3.05) is 7.11 Å². The first-order valence-electron chi connectivity index (χ1n) is 5.87. The van der Waals surface area contributed by atoms with Crippen LogP contribution in [-0.2, 0) is 6.54 Å². The standard InChI is InChI=1S/C15H15NO2S/c1-18-13-5-4-12(10-17)15(8-13)19-14-6-2-11(9-16)3-7-14/h2-8,10H,9,16H2,1H3. The molecule has 19 heavy (non-hydrogen) atoms. The normalized spacial score (nSPS) is 10.2. The fourth-order valence-electron chi connectivity index (χ4n) is 1.65. The summed E-state index contributed by atoms with van der Waals surface area (Å²) in [5.74, 6) is 0.742. The average molecular weight is 273 g/mol. The van der Waals surface area contributed by atoms with E-state index in [1.807, 2.05) is 30.3 Å². The van der Waals surface area contributed by atoms with Gasteiger partial charge >= 0.3 is 0 Å². The maximum absolute atomic E-state index is 11.0. The van der Waals surface area contributed by atoms with Gasteiger partial charge in [0, 0.05) is 21.9 Å². The molecule has 0 unspecified atom stereocenters. The number of hydrogen-bond donors (Lipinski definition) is 1. The molecule has 0 bridgehead atoms. The van der Waals surface area contributed by atoms with Gasteiger partial charge in [0.25, 0.3) is 0 Å². The molecule has 4 heteroatoms. The van der Waals surface area contributed by atoms with E-state index in [0.29, 0.717) is 12.1 Å². The summed E-state index contributed by atoms with van der Waals surface area (Å²) in [6.45, 7) is 0.531. The summed E-state index contributed by atoms with van der Waals surface area (Å²) in [6, 6.07) is 13.4. The first kappa shape index (κ1) is 13.6. The molecule has 0 aliphatic heterocycles. The number of carbonyl (C=O) groups is 1. The van der Waals surface area contributed by atoms with Crippen molar-refractivity contribution in [3.8, 4) is 5.75 Å². The van der Waals surface area contributed by atoms with E-state index < -0.39 is 0 Å². The SMILES string of the molecule is COc1ccc(C=O)c(Sc2ccc(CN)cc2)c1. The van der Waals surface area contributed by atoms with Crippen LogP contribution < -0.4 is 10.5 Å². The minimum Gasteiger partial charge on any atom is -0.497 e. The number of hydrogen-bond acceptors (Lipinski definition) is 4. The maximum atomic E-state index is 11.0. The minimum absolute atomic E-state index is 0.531. The zero-order valence-electron chi connectivity index (χ0n) is 10.6. The highest BCUT2D eigenvalue weighted by molar-refractivity contribution is 7.99. The van der Waals surface area contributed by atoms with E-state index in [2.05, 4.69) is 0 Å². The average Bonchev–Trinajstić information content (AvgIpc) is 2.48. The second kappa shape index (κ2) is 6.41. The quantitative estimate of drug-likeness (QED) is 0.850. The largest absolute Gasteiger partial charge is 0.497 e. The van der Waals surface area contributed by atoms with Gasteiger partial charge in [-0.3, -0.25) is 4.79 Å². The zero-order valence-corrected chi connectivity index (χ0v) is 11.4. The molecule has 0 saturated carbocycles. The van der Waals surface area contributed by atoms with Gasteiger partial charge < -0.3 is 10.5 Å². The van der Waals surface area contributed by atoms with Crippen LogP contribution in [0.1, 0.15) is 15.9 Å². The zero-order chi connectivity index (χ0) is 13.7. The summed E-state index contributed by atoms with van der Waals surface area (Å²) in [6.07, 6.45) is 0.857. The van der Waals surface area contributed by atoms with E-state index in [1.54, 1.807) is 19.2 Å². The summed E-state index contributed by atoms with van der Waals surface area (Å²) in [7, 11) is 1.61. The van der Waals surface area contributed by atoms with Crippen molar-refractivity contribution in [1.29, 1.82) is 0 Å². The van der Waals surface area contributed by atoms with Gasteiger partial charge in [-0.15, -0.1) is 0 Å². The number of carbonyl (C=O) groups excluding carboxylic acids is 1. The van der Waals surface area contributed by atoms with Crippen LogP contribution in [0.25, 0.3) is 0 Å². The lowest BCUT2D eigenvalue weighted by Crippen LogP contribution is -1.95. The number of aldehydes is 1. The molecule has 0 aromatic heterocycles. The molecule has 2 aromatic carbocycles. The Labute approximate surface area is 116 Å². The van der Waals surface area contributed by atoms with Gasteiger partial charge in [0.05, 0.1) is 7.11 Å². The van der Waals surface area contributed by atoms with Crippen LogP contribution in [0.4, 0.5) is 0 Å². The number of methoxy groups -OCH3 is 1. The molecule has 0 heterocycles. The molecular formula is C15H15NO2S. The van der Waals surface area contributed by atoms with Crippen molar-refractivity contribution >= 4 is 18.0 Å². The van der Waals surface area contributed by atoms with Gasteiger partial charge in [-0.2, -0.15) is 0 Å². The molecule has 2 aromatic rings. The van der Waals surface area contributed by atoms with Crippen molar-refractivity contribution in [3.63, 3.8) is 0 Å². The molecule has 3 nitrogen and oxygen atoms in total. The fourth-order valence-corrected chi connectivity index (χ4v) is 2.58. The van der Waals surface area contributed by atoms with Gasteiger partial charge in [-0.25, -0.2) is 0 Å². The Hall–Kier alpha value is -1.78. The lowest BCUT2D eigenvalue weighted by atomic mass is 10.2. The maximum Gasteiger partial charge on any atom is 0.151 e. The molecule has 0 aliphatic carbocycles. The second-order valence-electron chi connectivity index (χ2n) is 3.97. The van der Waals surface area contributed by atoms with Crippen molar-refractivity contribution < 1.29 is 9.53 Å². The third-order valence-electron chi connectivity index (χ3n) is 2.73. The third kappa shape index (κ3) is 3.36. The highest BCUT2D eigenvalue weighted by atomic mass is 32.2. The predicted molar refractivity (Wildman–Crippen MR) is 76.8 cm³/mol. The predicted octanol–water partition coefficient (Wildman–Crippen LogP) is 3.12. The Bertz CT molecular complexity index is 567. The Morgan fingerprint density at radius 1 is 1.21 bits per heavy atom. The topological polar surface area (TPSA) is 52.3 Å². The van der Waals surface area contributed by atoms with E-state index in [4.69, 9.17) is 10.5 Å². The number of ether oxygens (including phenoxy) is 1. The van der Waals surface area contributed by atoms with Crippen molar-refractivity contribution in [2.24, 2.45) is 5.73 Å². The summed E-state index contributed by atoms with van der Waals surface area (Å²) in [5, 5.41) is 0. The van der Waals surface area contributed by atoms with Crippen molar-refractivity contribution in [2.45, 2.75) is 16.3 Å². The number of rotatable bonds is 5. The van der Waals surface area contributed by atoms with Crippen molar-refractivity contribution in [1.82, 2.24) is 0 Å². The molecule has 0 fully saturated rings. The van der Waals surface area contributed by atoms with Gasteiger partial charge in [-0.1, -0.05) is 23.9 Å². The van der Waals surface area contributed by atoms with E-state index >= 15 is 0 Å². The molecule has 2 N–H and O–H groups in total. The van der Waals surface area contributed by atoms with E-state index in [-0.39, 0.29) is 0 Å². The lowest BCUT2D eigenvalue weighted by molar-refractivity contribution is 0.112. The lowest BCUT2D eigenvalue weighted by Gasteiger charge is -2.07. The highest BCUT2D eigenvalue weighted by Crippen LogP contribution is 2.32. The Kier molecular flexibility index (Phi) is 4.60. The minimum atomic E-state index is 0.531. The molecule has 2 rings (SSSR count). The molecule has 0 aliphatic rings. The molecule has 0 spiro atoms. The molecule has 0 saturated heterocycles. The summed E-state index contributed by atoms with van der Waals surface area (Å²) >= 11 is 1.54. The van der Waals surface area contributed by atoms with Crippen LogP contribution in [0, 0.1) is 0 Å². The van der Waals surface area contributed by atoms with E-state index in [9.17, 15) is 4.79 Å². The molecular weight excluding hydrogens is 258 g/mol. The number of nitrogens with two attached hydrogens (primary N) is 1. The molecule has 98 valence electrons. The van der Waals surface area contributed by atoms with Gasteiger partial charge in [0.1, 0.15) is 5.75 Å². The monoisotopic (exact) mass is 273 g/mol. The van der Waals surface area contributed by atoms with Gasteiger partial charge in [-0.05, 0) is 35.9 Å². The summed E-state index contributed by atoms with van der Waals surface area (Å²) in [5.41, 5.74) is 7.32. The summed E-state index contributed by atoms with van der Waals surface area (Å²) < 4.78 is 5.18. The highest BCUT2D eigenvalue weighted by Gasteiger charge is 2.06. The first-order chi connectivity index (χ1) is 9.26. The second-order valence-corrected chi connectivity index (χ2v) is 5.09. The van der Waals surface area contributed by atoms with Crippen molar-refractivity contribution in [3.05, 3.63) is 53.6 Å².